The molecule has 0 saturated heterocycles. The van der Waals surface area contributed by atoms with Crippen molar-refractivity contribution < 1.29 is 9.59 Å². The van der Waals surface area contributed by atoms with E-state index in [-0.39, 0.29) is 5.91 Å². The third-order valence-corrected chi connectivity index (χ3v) is 4.81. The van der Waals surface area contributed by atoms with Crippen LogP contribution >= 0.6 is 23.1 Å². The lowest BCUT2D eigenvalue weighted by Gasteiger charge is -2.15. The first-order chi connectivity index (χ1) is 10.1. The van der Waals surface area contributed by atoms with Crippen molar-refractivity contribution >= 4 is 34.9 Å². The van der Waals surface area contributed by atoms with Crippen LogP contribution in [0.2, 0.25) is 0 Å². The molecule has 3 N–H and O–H groups in total. The van der Waals surface area contributed by atoms with E-state index >= 15 is 0 Å². The first-order valence-electron chi connectivity index (χ1n) is 6.37. The molecule has 110 valence electrons. The van der Waals surface area contributed by atoms with Crippen molar-refractivity contribution in [3.05, 3.63) is 52.2 Å². The summed E-state index contributed by atoms with van der Waals surface area (Å²) in [6, 6.07) is 10.7. The molecule has 0 aliphatic carbocycles. The van der Waals surface area contributed by atoms with Crippen LogP contribution in [0.1, 0.15) is 15.2 Å². The second kappa shape index (κ2) is 7.28. The molecular formula is C15H16N2O2S2. The van der Waals surface area contributed by atoms with Crippen molar-refractivity contribution in [2.45, 2.75) is 17.4 Å². The zero-order valence-electron chi connectivity index (χ0n) is 11.5. The van der Waals surface area contributed by atoms with Gasteiger partial charge in [-0.1, -0.05) is 30.3 Å². The van der Waals surface area contributed by atoms with Gasteiger partial charge < -0.3 is 11.1 Å². The minimum atomic E-state index is -0.711. The number of nitrogens with one attached hydrogen (secondary N) is 1. The zero-order valence-corrected chi connectivity index (χ0v) is 13.2. The molecule has 2 rings (SSSR count). The molecule has 0 radical (unpaired) electrons. The molecule has 0 saturated carbocycles. The molecule has 0 spiro atoms. The number of nitrogens with two attached hydrogens (primary N) is 1. The van der Waals surface area contributed by atoms with Crippen molar-refractivity contribution in [3.63, 3.8) is 0 Å². The van der Waals surface area contributed by atoms with Gasteiger partial charge in [0.2, 0.25) is 5.91 Å². The molecule has 0 aliphatic rings. The fourth-order valence-corrected chi connectivity index (χ4v) is 3.57. The maximum atomic E-state index is 12.3. The Balaban J connectivity index is 2.10. The lowest BCUT2D eigenvalue weighted by atomic mass is 10.1. The Morgan fingerprint density at radius 1 is 1.29 bits per heavy atom. The molecule has 21 heavy (non-hydrogen) atoms. The molecule has 1 heterocycles. The highest BCUT2D eigenvalue weighted by Gasteiger charge is 2.21. The topological polar surface area (TPSA) is 72.2 Å². The first-order valence-corrected chi connectivity index (χ1v) is 8.48. The average molecular weight is 320 g/mol. The Hall–Kier alpha value is -1.79. The minimum absolute atomic E-state index is 0.255. The van der Waals surface area contributed by atoms with Gasteiger partial charge in [0.15, 0.2) is 0 Å². The molecule has 0 fully saturated rings. The van der Waals surface area contributed by atoms with Crippen LogP contribution in [-0.4, -0.2) is 24.1 Å². The van der Waals surface area contributed by atoms with Crippen molar-refractivity contribution in [2.75, 3.05) is 6.26 Å². The Labute approximate surface area is 131 Å². The number of amides is 2. The number of carbonyl (C=O) groups excluding carboxylic acids is 2. The predicted molar refractivity (Wildman–Crippen MR) is 86.7 cm³/mol. The molecule has 6 heteroatoms. The SMILES string of the molecule is CSc1ccsc1C(=O)N[C@@H](Cc1ccccc1)C(N)=O. The van der Waals surface area contributed by atoms with Crippen LogP contribution in [0.5, 0.6) is 0 Å². The van der Waals surface area contributed by atoms with Gasteiger partial charge in [0.25, 0.3) is 5.91 Å². The van der Waals surface area contributed by atoms with E-state index in [4.69, 9.17) is 5.73 Å². The van der Waals surface area contributed by atoms with Crippen LogP contribution in [0.4, 0.5) is 0 Å². The van der Waals surface area contributed by atoms with E-state index in [2.05, 4.69) is 5.32 Å². The van der Waals surface area contributed by atoms with Crippen LogP contribution in [-0.2, 0) is 11.2 Å². The summed E-state index contributed by atoms with van der Waals surface area (Å²) < 4.78 is 0. The summed E-state index contributed by atoms with van der Waals surface area (Å²) in [5.41, 5.74) is 6.36. The summed E-state index contributed by atoms with van der Waals surface area (Å²) in [6.07, 6.45) is 2.30. The summed E-state index contributed by atoms with van der Waals surface area (Å²) >= 11 is 2.86. The van der Waals surface area contributed by atoms with Crippen LogP contribution in [0.25, 0.3) is 0 Å². The van der Waals surface area contributed by atoms with Gasteiger partial charge in [-0.3, -0.25) is 9.59 Å². The molecule has 1 aromatic heterocycles. The van der Waals surface area contributed by atoms with E-state index in [0.717, 1.165) is 10.5 Å². The molecule has 2 aromatic rings. The van der Waals surface area contributed by atoms with Gasteiger partial charge in [0.05, 0.1) is 0 Å². The van der Waals surface area contributed by atoms with Gasteiger partial charge in [-0.05, 0) is 23.3 Å². The van der Waals surface area contributed by atoms with Crippen molar-refractivity contribution in [3.8, 4) is 0 Å². The number of hydrogen-bond donors (Lipinski definition) is 2. The Bertz CT molecular complexity index is 626. The number of primary amides is 1. The zero-order chi connectivity index (χ0) is 15.2. The molecule has 0 unspecified atom stereocenters. The van der Waals surface area contributed by atoms with E-state index in [1.54, 1.807) is 0 Å². The smallest absolute Gasteiger partial charge is 0.263 e. The highest BCUT2D eigenvalue weighted by Crippen LogP contribution is 2.25. The predicted octanol–water partition coefficient (Wildman–Crippen LogP) is 2.30. The molecular weight excluding hydrogens is 304 g/mol. The molecule has 2 amide bonds. The summed E-state index contributed by atoms with van der Waals surface area (Å²) in [5, 5.41) is 4.58. The van der Waals surface area contributed by atoms with E-state index in [0.29, 0.717) is 11.3 Å². The van der Waals surface area contributed by atoms with Crippen molar-refractivity contribution in [1.82, 2.24) is 5.32 Å². The lowest BCUT2D eigenvalue weighted by Crippen LogP contribution is -2.45. The number of benzene rings is 1. The van der Waals surface area contributed by atoms with Gasteiger partial charge in [0.1, 0.15) is 10.9 Å². The van der Waals surface area contributed by atoms with Crippen LogP contribution in [0, 0.1) is 0 Å². The van der Waals surface area contributed by atoms with E-state index in [9.17, 15) is 9.59 Å². The summed E-state index contributed by atoms with van der Waals surface area (Å²) in [5.74, 6) is -0.788. The summed E-state index contributed by atoms with van der Waals surface area (Å²) in [4.78, 5) is 25.4. The van der Waals surface area contributed by atoms with Gasteiger partial charge >= 0.3 is 0 Å². The Kier molecular flexibility index (Phi) is 5.41. The minimum Gasteiger partial charge on any atom is -0.368 e. The van der Waals surface area contributed by atoms with E-state index in [1.165, 1.54) is 23.1 Å². The molecule has 4 nitrogen and oxygen atoms in total. The highest BCUT2D eigenvalue weighted by atomic mass is 32.2. The first kappa shape index (κ1) is 15.6. The fourth-order valence-electron chi connectivity index (χ4n) is 1.92. The number of thiophene rings is 1. The van der Waals surface area contributed by atoms with E-state index < -0.39 is 11.9 Å². The number of rotatable bonds is 6. The third kappa shape index (κ3) is 4.09. The summed E-state index contributed by atoms with van der Waals surface area (Å²) in [7, 11) is 0. The summed E-state index contributed by atoms with van der Waals surface area (Å²) in [6.45, 7) is 0. The molecule has 0 bridgehead atoms. The van der Waals surface area contributed by atoms with Crippen LogP contribution in [0.3, 0.4) is 0 Å². The number of carbonyl (C=O) groups is 2. The van der Waals surface area contributed by atoms with Crippen LogP contribution < -0.4 is 11.1 Å². The maximum Gasteiger partial charge on any atom is 0.263 e. The normalized spacial score (nSPS) is 11.9. The lowest BCUT2D eigenvalue weighted by molar-refractivity contribution is -0.119. The third-order valence-electron chi connectivity index (χ3n) is 2.99. The second-order valence-corrected chi connectivity index (χ2v) is 6.20. The Morgan fingerprint density at radius 3 is 2.62 bits per heavy atom. The largest absolute Gasteiger partial charge is 0.368 e. The van der Waals surface area contributed by atoms with Crippen molar-refractivity contribution in [2.24, 2.45) is 5.73 Å². The average Bonchev–Trinajstić information content (AvgIpc) is 2.96. The van der Waals surface area contributed by atoms with Gasteiger partial charge in [-0.15, -0.1) is 23.1 Å². The van der Waals surface area contributed by atoms with Gasteiger partial charge in [0, 0.05) is 11.3 Å². The number of thioether (sulfide) groups is 1. The Morgan fingerprint density at radius 2 is 2.00 bits per heavy atom. The quantitative estimate of drug-likeness (QED) is 0.802. The molecule has 0 aliphatic heterocycles. The molecule has 1 aromatic carbocycles. The van der Waals surface area contributed by atoms with Crippen LogP contribution in [0.15, 0.2) is 46.7 Å². The van der Waals surface area contributed by atoms with Gasteiger partial charge in [-0.25, -0.2) is 0 Å². The van der Waals surface area contributed by atoms with Crippen molar-refractivity contribution in [1.29, 1.82) is 0 Å². The maximum absolute atomic E-state index is 12.3. The van der Waals surface area contributed by atoms with E-state index in [1.807, 2.05) is 48.0 Å². The van der Waals surface area contributed by atoms with Gasteiger partial charge in [-0.2, -0.15) is 0 Å². The molecule has 1 atom stereocenters. The fraction of sp³-hybridized carbons (Fsp3) is 0.200. The number of hydrogen-bond acceptors (Lipinski definition) is 4. The second-order valence-electron chi connectivity index (χ2n) is 4.44. The standard InChI is InChI=1S/C15H16N2O2S2/c1-20-12-7-8-21-13(12)15(19)17-11(14(16)18)9-10-5-3-2-4-6-10/h2-8,11H,9H2,1H3,(H2,16,18)(H,17,19)/t11-/m0/s1. The monoisotopic (exact) mass is 320 g/mol. The highest BCUT2D eigenvalue weighted by molar-refractivity contribution is 7.98.